The lowest BCUT2D eigenvalue weighted by Crippen LogP contribution is -2.37. The molecule has 1 aliphatic rings. The predicted octanol–water partition coefficient (Wildman–Crippen LogP) is 3.51. The zero-order valence-electron chi connectivity index (χ0n) is 15.3. The quantitative estimate of drug-likeness (QED) is 0.387. The monoisotopic (exact) mass is 485 g/mol. The summed E-state index contributed by atoms with van der Waals surface area (Å²) in [6.45, 7) is 2.71. The molecule has 0 amide bonds. The molecule has 7 heteroatoms. The van der Waals surface area contributed by atoms with Gasteiger partial charge in [0.1, 0.15) is 5.82 Å². The highest BCUT2D eigenvalue weighted by molar-refractivity contribution is 14.0. The van der Waals surface area contributed by atoms with Crippen molar-refractivity contribution in [2.45, 2.75) is 19.4 Å². The molecule has 27 heavy (non-hydrogen) atoms. The molecular formula is C20H25FIN3O2. The first-order chi connectivity index (χ1) is 12.7. The van der Waals surface area contributed by atoms with Crippen molar-refractivity contribution in [3.8, 4) is 11.5 Å². The van der Waals surface area contributed by atoms with Crippen LogP contribution >= 0.6 is 24.0 Å². The van der Waals surface area contributed by atoms with E-state index in [0.717, 1.165) is 41.4 Å². The Bertz CT molecular complexity index is 753. The second kappa shape index (κ2) is 11.0. The van der Waals surface area contributed by atoms with E-state index < -0.39 is 0 Å². The van der Waals surface area contributed by atoms with Crippen molar-refractivity contribution in [3.63, 3.8) is 0 Å². The Labute approximate surface area is 176 Å². The van der Waals surface area contributed by atoms with E-state index in [0.29, 0.717) is 26.3 Å². The first-order valence-corrected chi connectivity index (χ1v) is 8.82. The Morgan fingerprint density at radius 2 is 1.70 bits per heavy atom. The van der Waals surface area contributed by atoms with Gasteiger partial charge < -0.3 is 20.1 Å². The Kier molecular flexibility index (Phi) is 8.63. The van der Waals surface area contributed by atoms with Gasteiger partial charge in [-0.1, -0.05) is 18.2 Å². The van der Waals surface area contributed by atoms with Gasteiger partial charge in [0.2, 0.25) is 0 Å². The lowest BCUT2D eigenvalue weighted by molar-refractivity contribution is 0.297. The van der Waals surface area contributed by atoms with Gasteiger partial charge in [-0.25, -0.2) is 4.39 Å². The maximum Gasteiger partial charge on any atom is 0.191 e. The highest BCUT2D eigenvalue weighted by atomic mass is 127. The van der Waals surface area contributed by atoms with E-state index in [1.807, 2.05) is 18.2 Å². The largest absolute Gasteiger partial charge is 0.490 e. The van der Waals surface area contributed by atoms with Crippen LogP contribution in [0.4, 0.5) is 4.39 Å². The van der Waals surface area contributed by atoms with Crippen molar-refractivity contribution in [1.29, 1.82) is 0 Å². The highest BCUT2D eigenvalue weighted by Gasteiger charge is 2.10. The molecule has 2 aromatic rings. The van der Waals surface area contributed by atoms with Crippen LogP contribution in [-0.2, 0) is 13.0 Å². The number of nitrogens with zero attached hydrogens (tertiary/aromatic N) is 1. The summed E-state index contributed by atoms with van der Waals surface area (Å²) in [4.78, 5) is 4.23. The minimum absolute atomic E-state index is 0. The first kappa shape index (κ1) is 21.3. The van der Waals surface area contributed by atoms with Crippen molar-refractivity contribution in [2.75, 3.05) is 26.8 Å². The van der Waals surface area contributed by atoms with Crippen molar-refractivity contribution >= 4 is 29.9 Å². The molecule has 0 radical (unpaired) electrons. The van der Waals surface area contributed by atoms with E-state index in [-0.39, 0.29) is 29.8 Å². The fraction of sp³-hybridized carbons (Fsp3) is 0.350. The van der Waals surface area contributed by atoms with Crippen LogP contribution < -0.4 is 20.1 Å². The predicted molar refractivity (Wildman–Crippen MR) is 116 cm³/mol. The molecule has 2 aromatic carbocycles. The molecular weight excluding hydrogens is 460 g/mol. The summed E-state index contributed by atoms with van der Waals surface area (Å²) in [5.74, 6) is 2.10. The molecule has 0 atom stereocenters. The van der Waals surface area contributed by atoms with Gasteiger partial charge in [-0.05, 0) is 41.8 Å². The number of rotatable bonds is 5. The smallest absolute Gasteiger partial charge is 0.191 e. The molecule has 0 saturated carbocycles. The number of halogens is 2. The van der Waals surface area contributed by atoms with Crippen LogP contribution in [0.1, 0.15) is 17.5 Å². The number of fused-ring (bicyclic) bond motifs is 1. The van der Waals surface area contributed by atoms with E-state index in [9.17, 15) is 4.39 Å². The van der Waals surface area contributed by atoms with Gasteiger partial charge in [0.25, 0.3) is 0 Å². The molecule has 3 rings (SSSR count). The van der Waals surface area contributed by atoms with Gasteiger partial charge >= 0.3 is 0 Å². The molecule has 0 bridgehead atoms. The molecule has 1 aliphatic heterocycles. The molecule has 1 heterocycles. The van der Waals surface area contributed by atoms with Crippen LogP contribution in [-0.4, -0.2) is 32.8 Å². The second-order valence-corrected chi connectivity index (χ2v) is 6.06. The fourth-order valence-corrected chi connectivity index (χ4v) is 2.70. The van der Waals surface area contributed by atoms with Crippen LogP contribution in [0.25, 0.3) is 0 Å². The van der Waals surface area contributed by atoms with Crippen molar-refractivity contribution in [1.82, 2.24) is 10.6 Å². The summed E-state index contributed by atoms with van der Waals surface area (Å²) < 4.78 is 24.3. The third-order valence-corrected chi connectivity index (χ3v) is 4.11. The number of hydrogen-bond acceptors (Lipinski definition) is 3. The molecule has 5 nitrogen and oxygen atoms in total. The zero-order valence-corrected chi connectivity index (χ0v) is 17.7. The number of hydrogen-bond donors (Lipinski definition) is 2. The number of guanidine groups is 1. The summed E-state index contributed by atoms with van der Waals surface area (Å²) >= 11 is 0. The Balaban J connectivity index is 0.00000261. The SMILES string of the molecule is CN=C(NCCc1ccc(F)cc1)NCc1ccc2c(c1)OCCCO2.I. The van der Waals surface area contributed by atoms with E-state index >= 15 is 0 Å². The van der Waals surface area contributed by atoms with Crippen LogP contribution in [0.15, 0.2) is 47.5 Å². The Hall–Kier alpha value is -2.03. The molecule has 0 aliphatic carbocycles. The van der Waals surface area contributed by atoms with Crippen LogP contribution in [0, 0.1) is 5.82 Å². The molecule has 146 valence electrons. The van der Waals surface area contributed by atoms with E-state index in [2.05, 4.69) is 15.6 Å². The zero-order chi connectivity index (χ0) is 18.2. The number of nitrogens with one attached hydrogen (secondary N) is 2. The van der Waals surface area contributed by atoms with E-state index in [1.165, 1.54) is 12.1 Å². The Morgan fingerprint density at radius 3 is 2.44 bits per heavy atom. The van der Waals surface area contributed by atoms with Gasteiger partial charge in [0.15, 0.2) is 17.5 Å². The Morgan fingerprint density at radius 1 is 1.00 bits per heavy atom. The van der Waals surface area contributed by atoms with E-state index in [1.54, 1.807) is 19.2 Å². The second-order valence-electron chi connectivity index (χ2n) is 6.06. The molecule has 0 unspecified atom stereocenters. The molecule has 2 N–H and O–H groups in total. The lowest BCUT2D eigenvalue weighted by Gasteiger charge is -2.13. The fourth-order valence-electron chi connectivity index (χ4n) is 2.70. The van der Waals surface area contributed by atoms with Crippen LogP contribution in [0.3, 0.4) is 0 Å². The molecule has 0 aromatic heterocycles. The lowest BCUT2D eigenvalue weighted by atomic mass is 10.1. The van der Waals surface area contributed by atoms with Gasteiger partial charge in [0.05, 0.1) is 13.2 Å². The van der Waals surface area contributed by atoms with Crippen LogP contribution in [0.5, 0.6) is 11.5 Å². The first-order valence-electron chi connectivity index (χ1n) is 8.82. The average Bonchev–Trinajstić information content (AvgIpc) is 2.91. The van der Waals surface area contributed by atoms with E-state index in [4.69, 9.17) is 9.47 Å². The summed E-state index contributed by atoms with van der Waals surface area (Å²) in [5, 5.41) is 6.55. The summed E-state index contributed by atoms with van der Waals surface area (Å²) in [7, 11) is 1.74. The molecule has 0 fully saturated rings. The third kappa shape index (κ3) is 6.57. The van der Waals surface area contributed by atoms with Crippen molar-refractivity contribution < 1.29 is 13.9 Å². The maximum atomic E-state index is 12.9. The van der Waals surface area contributed by atoms with Crippen LogP contribution in [0.2, 0.25) is 0 Å². The molecule has 0 saturated heterocycles. The average molecular weight is 485 g/mol. The van der Waals surface area contributed by atoms with Gasteiger partial charge in [-0.15, -0.1) is 24.0 Å². The highest BCUT2D eigenvalue weighted by Crippen LogP contribution is 2.30. The standard InChI is InChI=1S/C20H24FN3O2.HI/c1-22-20(23-10-9-15-3-6-17(21)7-4-15)24-14-16-5-8-18-19(13-16)26-12-2-11-25-18;/h3-8,13H,2,9-12,14H2,1H3,(H2,22,23,24);1H. The minimum Gasteiger partial charge on any atom is -0.490 e. The minimum atomic E-state index is -0.214. The molecule has 0 spiro atoms. The summed E-state index contributed by atoms with van der Waals surface area (Å²) in [6.07, 6.45) is 1.69. The van der Waals surface area contributed by atoms with Crippen molar-refractivity contribution in [2.24, 2.45) is 4.99 Å². The number of benzene rings is 2. The maximum absolute atomic E-state index is 12.9. The number of aliphatic imine (C=N–C) groups is 1. The normalized spacial score (nSPS) is 13.3. The third-order valence-electron chi connectivity index (χ3n) is 4.11. The van der Waals surface area contributed by atoms with Gasteiger partial charge in [-0.3, -0.25) is 4.99 Å². The van der Waals surface area contributed by atoms with Gasteiger partial charge in [0, 0.05) is 26.6 Å². The van der Waals surface area contributed by atoms with Gasteiger partial charge in [-0.2, -0.15) is 0 Å². The number of ether oxygens (including phenoxy) is 2. The summed E-state index contributed by atoms with van der Waals surface area (Å²) in [5.41, 5.74) is 2.17. The van der Waals surface area contributed by atoms with Crippen molar-refractivity contribution in [3.05, 3.63) is 59.4 Å². The topological polar surface area (TPSA) is 54.9 Å². The summed E-state index contributed by atoms with van der Waals surface area (Å²) in [6, 6.07) is 12.5.